The van der Waals surface area contributed by atoms with Crippen LogP contribution in [0.25, 0.3) is 0 Å². The molecule has 0 spiro atoms. The Morgan fingerprint density at radius 2 is 2.38 bits per heavy atom. The van der Waals surface area contributed by atoms with Gasteiger partial charge in [0.15, 0.2) is 22.1 Å². The molecule has 0 aliphatic carbocycles. The summed E-state index contributed by atoms with van der Waals surface area (Å²) in [7, 11) is 0. The van der Waals surface area contributed by atoms with Gasteiger partial charge in [-0.3, -0.25) is 4.98 Å². The van der Waals surface area contributed by atoms with Crippen LogP contribution < -0.4 is 3.83 Å². The highest BCUT2D eigenvalue weighted by Gasteiger charge is 1.92. The first-order chi connectivity index (χ1) is 3.83. The Labute approximate surface area is 54.7 Å². The molecule has 1 heterocycles. The summed E-state index contributed by atoms with van der Waals surface area (Å²) in [5.74, 6) is 0.585. The zero-order chi connectivity index (χ0) is 5.98. The highest BCUT2D eigenvalue weighted by atomic mass is 79.9. The van der Waals surface area contributed by atoms with Crippen molar-refractivity contribution < 1.29 is 8.93 Å². The van der Waals surface area contributed by atoms with E-state index < -0.39 is 0 Å². The Balaban J connectivity index is 2.84. The summed E-state index contributed by atoms with van der Waals surface area (Å²) in [4.78, 5) is 2.51. The molecule has 1 rings (SSSR count). The zero-order valence-electron chi connectivity index (χ0n) is 3.89. The van der Waals surface area contributed by atoms with Gasteiger partial charge >= 0.3 is 0 Å². The summed E-state index contributed by atoms with van der Waals surface area (Å²) in [6.45, 7) is 0. The number of aromatic amines is 1. The number of rotatable bonds is 1. The van der Waals surface area contributed by atoms with E-state index >= 15 is 0 Å². The van der Waals surface area contributed by atoms with Crippen molar-refractivity contribution in [2.45, 2.75) is 0 Å². The number of hydrogen-bond acceptors (Lipinski definition) is 2. The molecule has 0 aliphatic rings. The van der Waals surface area contributed by atoms with Gasteiger partial charge in [-0.25, -0.2) is 0 Å². The van der Waals surface area contributed by atoms with Crippen LogP contribution in [0.4, 0.5) is 0 Å². The van der Waals surface area contributed by atoms with Gasteiger partial charge in [-0.15, -0.1) is 0 Å². The van der Waals surface area contributed by atoms with Crippen molar-refractivity contribution >= 4 is 16.3 Å². The van der Waals surface area contributed by atoms with Crippen LogP contribution in [0.1, 0.15) is 0 Å². The van der Waals surface area contributed by atoms with E-state index in [1.807, 2.05) is 0 Å². The maximum absolute atomic E-state index is 8.63. The fourth-order valence-electron chi connectivity index (χ4n) is 0.409. The Morgan fingerprint density at radius 1 is 1.62 bits per heavy atom. The number of halogens is 1. The number of hydrogen-bond donors (Lipinski definition) is 2. The number of aromatic nitrogens is 1. The van der Waals surface area contributed by atoms with Crippen LogP contribution in [-0.2, 0) is 0 Å². The number of aromatic hydroxyl groups is 1. The minimum absolute atomic E-state index is 0.0967. The van der Waals surface area contributed by atoms with E-state index in [0.717, 1.165) is 0 Å². The Kier molecular flexibility index (Phi) is 1.43. The van der Waals surface area contributed by atoms with Gasteiger partial charge in [0.05, 0.1) is 0 Å². The smallest absolute Gasteiger partial charge is 0.208 e. The van der Waals surface area contributed by atoms with Crippen LogP contribution in [-0.4, -0.2) is 10.1 Å². The molecule has 0 saturated carbocycles. The van der Waals surface area contributed by atoms with Crippen molar-refractivity contribution in [3.8, 4) is 11.8 Å². The lowest BCUT2D eigenvalue weighted by atomic mass is 10.6. The molecule has 8 heavy (non-hydrogen) atoms. The highest BCUT2D eigenvalue weighted by molar-refractivity contribution is 9.06. The molecule has 0 radical (unpaired) electrons. The molecular formula is C4H4BrNO2. The maximum atomic E-state index is 8.63. The van der Waals surface area contributed by atoms with Gasteiger partial charge in [-0.1, -0.05) is 0 Å². The third-order valence-electron chi connectivity index (χ3n) is 0.727. The normalized spacial score (nSPS) is 9.12. The average molecular weight is 178 g/mol. The summed E-state index contributed by atoms with van der Waals surface area (Å²) in [6.07, 6.45) is 0. The van der Waals surface area contributed by atoms with Crippen molar-refractivity contribution in [1.82, 2.24) is 4.98 Å². The van der Waals surface area contributed by atoms with E-state index in [1.165, 1.54) is 6.07 Å². The van der Waals surface area contributed by atoms with Crippen LogP contribution in [0.3, 0.4) is 0 Å². The second-order valence-electron chi connectivity index (χ2n) is 1.28. The van der Waals surface area contributed by atoms with E-state index in [-0.39, 0.29) is 5.88 Å². The van der Waals surface area contributed by atoms with Crippen molar-refractivity contribution in [2.24, 2.45) is 0 Å². The van der Waals surface area contributed by atoms with Gasteiger partial charge in [0.25, 0.3) is 0 Å². The lowest BCUT2D eigenvalue weighted by Gasteiger charge is -1.85. The standard InChI is InChI=1S/C4H4BrNO2/c5-8-4-2-1-3(7)6-4/h1-2,6-7H. The van der Waals surface area contributed by atoms with Gasteiger partial charge in [-0.2, -0.15) is 0 Å². The molecule has 3 nitrogen and oxygen atoms in total. The van der Waals surface area contributed by atoms with E-state index in [0.29, 0.717) is 5.88 Å². The van der Waals surface area contributed by atoms with E-state index in [9.17, 15) is 0 Å². The summed E-state index contributed by atoms with van der Waals surface area (Å²) < 4.78 is 4.53. The van der Waals surface area contributed by atoms with Gasteiger partial charge < -0.3 is 8.93 Å². The topological polar surface area (TPSA) is 45.2 Å². The average Bonchev–Trinajstić information content (AvgIpc) is 2.14. The van der Waals surface area contributed by atoms with Gasteiger partial charge in [0, 0.05) is 12.1 Å². The zero-order valence-corrected chi connectivity index (χ0v) is 5.47. The number of H-pyrrole nitrogens is 1. The van der Waals surface area contributed by atoms with Crippen LogP contribution >= 0.6 is 16.3 Å². The number of nitrogens with one attached hydrogen (secondary N) is 1. The summed E-state index contributed by atoms with van der Waals surface area (Å²) in [5, 5.41) is 8.63. The fourth-order valence-corrected chi connectivity index (χ4v) is 0.598. The maximum Gasteiger partial charge on any atom is 0.208 e. The van der Waals surface area contributed by atoms with E-state index in [4.69, 9.17) is 5.11 Å². The predicted molar refractivity (Wildman–Crippen MR) is 32.0 cm³/mol. The van der Waals surface area contributed by atoms with Crippen molar-refractivity contribution in [2.75, 3.05) is 0 Å². The Bertz CT molecular complexity index is 174. The van der Waals surface area contributed by atoms with Gasteiger partial charge in [0.2, 0.25) is 5.88 Å². The molecule has 0 unspecified atom stereocenters. The molecule has 2 N–H and O–H groups in total. The van der Waals surface area contributed by atoms with Crippen LogP contribution in [0.2, 0.25) is 0 Å². The van der Waals surface area contributed by atoms with Crippen LogP contribution in [0.5, 0.6) is 11.8 Å². The Morgan fingerprint density at radius 3 is 2.62 bits per heavy atom. The summed E-state index contributed by atoms with van der Waals surface area (Å²) in [5.41, 5.74) is 0. The van der Waals surface area contributed by atoms with Crippen LogP contribution in [0.15, 0.2) is 12.1 Å². The van der Waals surface area contributed by atoms with Crippen LogP contribution in [0, 0.1) is 0 Å². The molecule has 1 aromatic heterocycles. The fraction of sp³-hybridized carbons (Fsp3) is 0. The summed E-state index contributed by atoms with van der Waals surface area (Å²) >= 11 is 2.73. The molecule has 0 atom stereocenters. The molecular weight excluding hydrogens is 174 g/mol. The second kappa shape index (κ2) is 2.09. The van der Waals surface area contributed by atoms with Crippen molar-refractivity contribution in [3.63, 3.8) is 0 Å². The molecule has 0 aromatic carbocycles. The highest BCUT2D eigenvalue weighted by Crippen LogP contribution is 2.15. The molecule has 44 valence electrons. The quantitative estimate of drug-likeness (QED) is 0.682. The largest absolute Gasteiger partial charge is 0.495 e. The Hall–Kier alpha value is -0.640. The van der Waals surface area contributed by atoms with E-state index in [2.05, 4.69) is 25.1 Å². The third kappa shape index (κ3) is 0.949. The van der Waals surface area contributed by atoms with Crippen molar-refractivity contribution in [3.05, 3.63) is 12.1 Å². The van der Waals surface area contributed by atoms with Crippen molar-refractivity contribution in [1.29, 1.82) is 0 Å². The molecule has 0 amide bonds. The van der Waals surface area contributed by atoms with Gasteiger partial charge in [-0.05, 0) is 0 Å². The summed E-state index contributed by atoms with van der Waals surface area (Å²) in [6, 6.07) is 3.10. The minimum Gasteiger partial charge on any atom is -0.495 e. The second-order valence-corrected chi connectivity index (χ2v) is 1.61. The molecule has 0 saturated heterocycles. The molecule has 0 fully saturated rings. The first-order valence-electron chi connectivity index (χ1n) is 1.99. The molecule has 4 heteroatoms. The first kappa shape index (κ1) is 5.50. The lowest BCUT2D eigenvalue weighted by Crippen LogP contribution is -1.69. The first-order valence-corrected chi connectivity index (χ1v) is 2.64. The molecule has 1 aromatic rings. The predicted octanol–water partition coefficient (Wildman–Crippen LogP) is 1.41. The SMILES string of the molecule is Oc1ccc(OBr)[nH]1. The monoisotopic (exact) mass is 177 g/mol. The third-order valence-corrected chi connectivity index (χ3v) is 1.08. The molecule has 0 bridgehead atoms. The lowest BCUT2D eigenvalue weighted by molar-refractivity contribution is 0.452. The minimum atomic E-state index is 0.0967. The van der Waals surface area contributed by atoms with E-state index in [1.54, 1.807) is 6.07 Å². The molecule has 0 aliphatic heterocycles. The van der Waals surface area contributed by atoms with Gasteiger partial charge in [0.1, 0.15) is 0 Å².